The van der Waals surface area contributed by atoms with Crippen molar-refractivity contribution >= 4 is 23.9 Å². The monoisotopic (exact) mass is 437 g/mol. The molecule has 2 aromatic heterocycles. The van der Waals surface area contributed by atoms with Crippen LogP contribution in [0, 0.1) is 5.82 Å². The maximum atomic E-state index is 13.4. The molecule has 0 atom stereocenters. The Balaban J connectivity index is 1.48. The van der Waals surface area contributed by atoms with Gasteiger partial charge < -0.3 is 9.52 Å². The molecule has 4 rings (SSSR count). The van der Waals surface area contributed by atoms with Crippen LogP contribution in [0.4, 0.5) is 4.39 Å². The van der Waals surface area contributed by atoms with Crippen LogP contribution in [0.15, 0.2) is 81.6 Å². The summed E-state index contributed by atoms with van der Waals surface area (Å²) in [4.78, 5) is 12.2. The minimum atomic E-state index is -0.366. The lowest BCUT2D eigenvalue weighted by molar-refractivity contribution is -0.118. The van der Waals surface area contributed by atoms with Crippen LogP contribution in [0.1, 0.15) is 5.56 Å². The van der Waals surface area contributed by atoms with Gasteiger partial charge in [0.2, 0.25) is 5.82 Å². The fourth-order valence-corrected chi connectivity index (χ4v) is 3.44. The molecule has 156 valence electrons. The molecule has 0 radical (unpaired) electrons. The number of hydrogen-bond acceptors (Lipinski definition) is 7. The summed E-state index contributed by atoms with van der Waals surface area (Å²) in [6.07, 6.45) is 2.95. The highest BCUT2D eigenvalue weighted by atomic mass is 32.2. The average molecular weight is 437 g/mol. The Labute approximate surface area is 180 Å². The van der Waals surface area contributed by atoms with Crippen LogP contribution >= 0.6 is 11.8 Å². The van der Waals surface area contributed by atoms with E-state index in [0.29, 0.717) is 28.0 Å². The predicted molar refractivity (Wildman–Crippen MR) is 114 cm³/mol. The van der Waals surface area contributed by atoms with Gasteiger partial charge in [-0.3, -0.25) is 9.36 Å². The number of halogens is 1. The Hall–Kier alpha value is -3.92. The van der Waals surface area contributed by atoms with Crippen molar-refractivity contribution < 1.29 is 18.7 Å². The zero-order valence-corrected chi connectivity index (χ0v) is 16.8. The number of furan rings is 1. The number of carbonyl (C=O) groups is 1. The van der Waals surface area contributed by atoms with Crippen LogP contribution in [-0.2, 0) is 4.79 Å². The fourth-order valence-electron chi connectivity index (χ4n) is 2.70. The Kier molecular flexibility index (Phi) is 6.08. The molecule has 10 heteroatoms. The van der Waals surface area contributed by atoms with E-state index in [2.05, 4.69) is 20.7 Å². The SMILES string of the molecule is O=C(CSc1nnc(-c2ccco2)n1-c1ccc(F)cc1)N/N=C/c1cccc(O)c1. The topological polar surface area (TPSA) is 106 Å². The second kappa shape index (κ2) is 9.26. The number of phenolic OH excluding ortho intramolecular Hbond substituents is 1. The van der Waals surface area contributed by atoms with Crippen LogP contribution in [-0.4, -0.2) is 37.7 Å². The number of benzene rings is 2. The highest BCUT2D eigenvalue weighted by Crippen LogP contribution is 2.28. The maximum absolute atomic E-state index is 13.4. The second-order valence-corrected chi connectivity index (χ2v) is 7.21. The third-order valence-corrected chi connectivity index (χ3v) is 4.99. The van der Waals surface area contributed by atoms with E-state index in [-0.39, 0.29) is 23.2 Å². The molecular weight excluding hydrogens is 421 g/mol. The summed E-state index contributed by atoms with van der Waals surface area (Å²) in [5.41, 5.74) is 3.70. The van der Waals surface area contributed by atoms with Crippen molar-refractivity contribution in [2.24, 2.45) is 5.10 Å². The maximum Gasteiger partial charge on any atom is 0.250 e. The van der Waals surface area contributed by atoms with Crippen molar-refractivity contribution in [2.45, 2.75) is 5.16 Å². The number of nitrogens with zero attached hydrogens (tertiary/aromatic N) is 4. The van der Waals surface area contributed by atoms with Gasteiger partial charge in [-0.15, -0.1) is 10.2 Å². The number of aromatic nitrogens is 3. The quantitative estimate of drug-likeness (QED) is 0.260. The molecule has 0 spiro atoms. The summed E-state index contributed by atoms with van der Waals surface area (Å²) < 4.78 is 20.5. The van der Waals surface area contributed by atoms with Crippen molar-refractivity contribution in [1.82, 2.24) is 20.2 Å². The number of hydrazone groups is 1. The Morgan fingerprint density at radius 1 is 1.19 bits per heavy atom. The van der Waals surface area contributed by atoms with Crippen LogP contribution in [0.3, 0.4) is 0 Å². The fraction of sp³-hybridized carbons (Fsp3) is 0.0476. The summed E-state index contributed by atoms with van der Waals surface area (Å²) in [6, 6.07) is 15.8. The molecule has 8 nitrogen and oxygen atoms in total. The summed E-state index contributed by atoms with van der Waals surface area (Å²) in [6.45, 7) is 0. The molecule has 2 aromatic carbocycles. The Morgan fingerprint density at radius 2 is 2.03 bits per heavy atom. The minimum Gasteiger partial charge on any atom is -0.508 e. The van der Waals surface area contributed by atoms with Crippen LogP contribution in [0.5, 0.6) is 5.75 Å². The molecule has 0 aliphatic carbocycles. The van der Waals surface area contributed by atoms with Crippen molar-refractivity contribution in [1.29, 1.82) is 0 Å². The normalized spacial score (nSPS) is 11.1. The zero-order chi connectivity index (χ0) is 21.6. The molecule has 4 aromatic rings. The summed E-state index contributed by atoms with van der Waals surface area (Å²) in [5.74, 6) is 0.335. The van der Waals surface area contributed by atoms with E-state index in [4.69, 9.17) is 4.42 Å². The van der Waals surface area contributed by atoms with Crippen molar-refractivity contribution in [3.05, 3.63) is 78.3 Å². The number of amides is 1. The van der Waals surface area contributed by atoms with Gasteiger partial charge in [-0.25, -0.2) is 9.82 Å². The van der Waals surface area contributed by atoms with E-state index in [9.17, 15) is 14.3 Å². The number of thioether (sulfide) groups is 1. The molecular formula is C21H16FN5O3S. The van der Waals surface area contributed by atoms with Gasteiger partial charge >= 0.3 is 0 Å². The number of carbonyl (C=O) groups excluding carboxylic acids is 1. The molecule has 0 saturated carbocycles. The summed E-state index contributed by atoms with van der Waals surface area (Å²) >= 11 is 1.15. The van der Waals surface area contributed by atoms with Gasteiger partial charge in [0.15, 0.2) is 10.9 Å². The largest absolute Gasteiger partial charge is 0.508 e. The number of aromatic hydroxyl groups is 1. The first-order valence-electron chi connectivity index (χ1n) is 9.09. The zero-order valence-electron chi connectivity index (χ0n) is 16.0. The molecule has 0 fully saturated rings. The summed E-state index contributed by atoms with van der Waals surface area (Å²) in [7, 11) is 0. The highest BCUT2D eigenvalue weighted by Gasteiger charge is 2.19. The highest BCUT2D eigenvalue weighted by molar-refractivity contribution is 7.99. The van der Waals surface area contributed by atoms with E-state index in [1.165, 1.54) is 30.7 Å². The minimum absolute atomic E-state index is 0.0227. The van der Waals surface area contributed by atoms with Gasteiger partial charge in [0.25, 0.3) is 5.91 Å². The van der Waals surface area contributed by atoms with Crippen molar-refractivity contribution in [3.63, 3.8) is 0 Å². The lowest BCUT2D eigenvalue weighted by Crippen LogP contribution is -2.20. The number of phenols is 1. The molecule has 2 N–H and O–H groups in total. The van der Waals surface area contributed by atoms with E-state index in [0.717, 1.165) is 11.8 Å². The average Bonchev–Trinajstić information content (AvgIpc) is 3.43. The third-order valence-electron chi connectivity index (χ3n) is 4.07. The smallest absolute Gasteiger partial charge is 0.250 e. The van der Waals surface area contributed by atoms with Gasteiger partial charge in [-0.1, -0.05) is 23.9 Å². The molecule has 0 saturated heterocycles. The van der Waals surface area contributed by atoms with Crippen molar-refractivity contribution in [2.75, 3.05) is 5.75 Å². The number of hydrogen-bond donors (Lipinski definition) is 2. The van der Waals surface area contributed by atoms with Gasteiger partial charge in [0, 0.05) is 0 Å². The van der Waals surface area contributed by atoms with E-state index in [1.807, 2.05) is 0 Å². The van der Waals surface area contributed by atoms with Crippen LogP contribution < -0.4 is 5.43 Å². The van der Waals surface area contributed by atoms with Gasteiger partial charge in [-0.2, -0.15) is 5.10 Å². The molecule has 2 heterocycles. The number of rotatable bonds is 7. The first-order valence-corrected chi connectivity index (χ1v) is 10.1. The molecule has 1 amide bonds. The molecule has 0 aliphatic rings. The van der Waals surface area contributed by atoms with Gasteiger partial charge in [0.1, 0.15) is 11.6 Å². The van der Waals surface area contributed by atoms with Crippen molar-refractivity contribution in [3.8, 4) is 23.0 Å². The Morgan fingerprint density at radius 3 is 2.77 bits per heavy atom. The van der Waals surface area contributed by atoms with Gasteiger partial charge in [0.05, 0.1) is 23.9 Å². The molecule has 0 bridgehead atoms. The summed E-state index contributed by atoms with van der Waals surface area (Å²) in [5, 5.41) is 22.1. The van der Waals surface area contributed by atoms with Crippen LogP contribution in [0.2, 0.25) is 0 Å². The molecule has 0 aliphatic heterocycles. The number of nitrogens with one attached hydrogen (secondary N) is 1. The molecule has 0 unspecified atom stereocenters. The standard InChI is InChI=1S/C21H16FN5O3S/c22-15-6-8-16(9-7-15)27-20(18-5-2-10-30-18)25-26-21(27)31-13-19(29)24-23-12-14-3-1-4-17(28)11-14/h1-12,28H,13H2,(H,24,29)/b23-12+. The Bertz CT molecular complexity index is 1210. The predicted octanol–water partition coefficient (Wildman–Crippen LogP) is 3.61. The van der Waals surface area contributed by atoms with E-state index in [1.54, 1.807) is 47.0 Å². The van der Waals surface area contributed by atoms with Gasteiger partial charge in [-0.05, 0) is 54.1 Å². The lowest BCUT2D eigenvalue weighted by Gasteiger charge is -2.09. The van der Waals surface area contributed by atoms with E-state index < -0.39 is 0 Å². The first-order chi connectivity index (χ1) is 15.1. The van der Waals surface area contributed by atoms with Crippen LogP contribution in [0.25, 0.3) is 17.3 Å². The molecule has 31 heavy (non-hydrogen) atoms. The second-order valence-electron chi connectivity index (χ2n) is 6.27. The first kappa shape index (κ1) is 20.4. The van der Waals surface area contributed by atoms with E-state index >= 15 is 0 Å². The lowest BCUT2D eigenvalue weighted by atomic mass is 10.2. The third kappa shape index (κ3) is 4.98.